The fraction of sp³-hybridized carbons (Fsp3) is 0.455. The van der Waals surface area contributed by atoms with Gasteiger partial charge >= 0.3 is 0 Å². The van der Waals surface area contributed by atoms with Crippen LogP contribution < -0.4 is 0 Å². The molecule has 0 aliphatic carbocycles. The first-order chi connectivity index (χ1) is 5.74. The van der Waals surface area contributed by atoms with E-state index in [2.05, 4.69) is 38.1 Å². The molecule has 1 heteroatoms. The van der Waals surface area contributed by atoms with Gasteiger partial charge < -0.3 is 5.11 Å². The molecule has 1 aromatic carbocycles. The quantitative estimate of drug-likeness (QED) is 0.727. The van der Waals surface area contributed by atoms with Crippen LogP contribution in [0.25, 0.3) is 0 Å². The predicted octanol–water partition coefficient (Wildman–Crippen LogP) is 2.34. The molecule has 0 bridgehead atoms. The highest BCUT2D eigenvalue weighted by molar-refractivity contribution is 5.25. The summed E-state index contributed by atoms with van der Waals surface area (Å²) in [7, 11) is 0. The Morgan fingerprint density at radius 2 is 2.08 bits per heavy atom. The van der Waals surface area contributed by atoms with Crippen LogP contribution in [0.4, 0.5) is 0 Å². The number of benzene rings is 1. The van der Waals surface area contributed by atoms with Gasteiger partial charge in [0.25, 0.3) is 0 Å². The Balaban J connectivity index is 2.81. The zero-order valence-electron chi connectivity index (χ0n) is 7.75. The summed E-state index contributed by atoms with van der Waals surface area (Å²) < 4.78 is 0. The standard InChI is InChI=1S/C11H16O/c1-9(2)11-5-3-4-10(8-11)6-7-12/h3-5,8-9,12H,6-7H2,1-2H3. The second-order valence-electron chi connectivity index (χ2n) is 3.37. The van der Waals surface area contributed by atoms with E-state index < -0.39 is 0 Å². The molecule has 0 saturated carbocycles. The third-order valence-corrected chi connectivity index (χ3v) is 2.02. The van der Waals surface area contributed by atoms with Gasteiger partial charge in [-0.2, -0.15) is 0 Å². The largest absolute Gasteiger partial charge is 0.396 e. The second kappa shape index (κ2) is 4.27. The summed E-state index contributed by atoms with van der Waals surface area (Å²) in [5.41, 5.74) is 2.57. The molecule has 0 unspecified atom stereocenters. The number of aliphatic hydroxyl groups is 1. The number of hydrogen-bond donors (Lipinski definition) is 1. The molecule has 1 nitrogen and oxygen atoms in total. The van der Waals surface area contributed by atoms with Gasteiger partial charge in [0.2, 0.25) is 0 Å². The van der Waals surface area contributed by atoms with E-state index in [0.717, 1.165) is 6.42 Å². The van der Waals surface area contributed by atoms with Crippen molar-refractivity contribution in [1.82, 2.24) is 0 Å². The molecule has 0 heterocycles. The van der Waals surface area contributed by atoms with Gasteiger partial charge in [0.15, 0.2) is 0 Å². The van der Waals surface area contributed by atoms with E-state index >= 15 is 0 Å². The van der Waals surface area contributed by atoms with Crippen LogP contribution >= 0.6 is 0 Å². The van der Waals surface area contributed by atoms with E-state index in [1.165, 1.54) is 11.1 Å². The predicted molar refractivity (Wildman–Crippen MR) is 51.3 cm³/mol. The molecule has 0 aliphatic heterocycles. The fourth-order valence-electron chi connectivity index (χ4n) is 1.24. The molecule has 0 fully saturated rings. The summed E-state index contributed by atoms with van der Waals surface area (Å²) in [4.78, 5) is 0. The van der Waals surface area contributed by atoms with E-state index in [1.54, 1.807) is 0 Å². The van der Waals surface area contributed by atoms with Gasteiger partial charge in [-0.25, -0.2) is 0 Å². The van der Waals surface area contributed by atoms with E-state index in [9.17, 15) is 0 Å². The van der Waals surface area contributed by atoms with Crippen molar-refractivity contribution in [2.75, 3.05) is 6.61 Å². The third kappa shape index (κ3) is 2.35. The summed E-state index contributed by atoms with van der Waals surface area (Å²) in [6.07, 6.45) is 0.764. The van der Waals surface area contributed by atoms with Gasteiger partial charge in [-0.05, 0) is 23.5 Å². The van der Waals surface area contributed by atoms with Crippen LogP contribution in [-0.4, -0.2) is 11.7 Å². The Bertz CT molecular complexity index is 241. The van der Waals surface area contributed by atoms with Crippen molar-refractivity contribution in [3.05, 3.63) is 35.4 Å². The molecule has 0 aromatic heterocycles. The SMILES string of the molecule is CC(C)c1cccc(CCO)c1. The molecular formula is C11H16O. The molecule has 1 rings (SSSR count). The molecule has 1 aromatic rings. The van der Waals surface area contributed by atoms with Crippen molar-refractivity contribution in [2.24, 2.45) is 0 Å². The minimum absolute atomic E-state index is 0.238. The van der Waals surface area contributed by atoms with Crippen LogP contribution in [0.5, 0.6) is 0 Å². The third-order valence-electron chi connectivity index (χ3n) is 2.02. The average molecular weight is 164 g/mol. The lowest BCUT2D eigenvalue weighted by molar-refractivity contribution is 0.299. The summed E-state index contributed by atoms with van der Waals surface area (Å²) in [6, 6.07) is 8.41. The lowest BCUT2D eigenvalue weighted by Crippen LogP contribution is -1.93. The van der Waals surface area contributed by atoms with E-state index in [4.69, 9.17) is 5.11 Å². The molecular weight excluding hydrogens is 148 g/mol. The van der Waals surface area contributed by atoms with Crippen molar-refractivity contribution >= 4 is 0 Å². The van der Waals surface area contributed by atoms with Crippen molar-refractivity contribution in [3.8, 4) is 0 Å². The van der Waals surface area contributed by atoms with Crippen LogP contribution in [0.1, 0.15) is 30.9 Å². The zero-order valence-corrected chi connectivity index (χ0v) is 7.75. The second-order valence-corrected chi connectivity index (χ2v) is 3.37. The van der Waals surface area contributed by atoms with Crippen LogP contribution in [0, 0.1) is 0 Å². The lowest BCUT2D eigenvalue weighted by Gasteiger charge is -2.06. The maximum Gasteiger partial charge on any atom is 0.0471 e. The number of rotatable bonds is 3. The normalized spacial score (nSPS) is 10.7. The molecule has 0 amide bonds. The van der Waals surface area contributed by atoms with Crippen LogP contribution in [0.3, 0.4) is 0 Å². The Morgan fingerprint density at radius 1 is 1.33 bits per heavy atom. The maximum absolute atomic E-state index is 8.75. The minimum Gasteiger partial charge on any atom is -0.396 e. The van der Waals surface area contributed by atoms with Gasteiger partial charge in [-0.15, -0.1) is 0 Å². The van der Waals surface area contributed by atoms with Crippen LogP contribution in [0.15, 0.2) is 24.3 Å². The van der Waals surface area contributed by atoms with Crippen molar-refractivity contribution in [1.29, 1.82) is 0 Å². The Kier molecular flexibility index (Phi) is 3.30. The molecule has 12 heavy (non-hydrogen) atoms. The van der Waals surface area contributed by atoms with Gasteiger partial charge in [0, 0.05) is 6.61 Å². The Labute approximate surface area is 74.1 Å². The zero-order chi connectivity index (χ0) is 8.97. The summed E-state index contributed by atoms with van der Waals surface area (Å²) in [5.74, 6) is 0.573. The first kappa shape index (κ1) is 9.27. The molecule has 0 spiro atoms. The highest BCUT2D eigenvalue weighted by Gasteiger charge is 1.99. The lowest BCUT2D eigenvalue weighted by atomic mass is 10.00. The monoisotopic (exact) mass is 164 g/mol. The summed E-state index contributed by atoms with van der Waals surface area (Å²) in [6.45, 7) is 4.59. The van der Waals surface area contributed by atoms with Gasteiger partial charge in [0.05, 0.1) is 0 Å². The topological polar surface area (TPSA) is 20.2 Å². The Morgan fingerprint density at radius 3 is 2.67 bits per heavy atom. The maximum atomic E-state index is 8.75. The van der Waals surface area contributed by atoms with Gasteiger partial charge in [-0.1, -0.05) is 38.1 Å². The molecule has 0 atom stereocenters. The van der Waals surface area contributed by atoms with Crippen LogP contribution in [0.2, 0.25) is 0 Å². The molecule has 1 N–H and O–H groups in total. The van der Waals surface area contributed by atoms with E-state index in [-0.39, 0.29) is 6.61 Å². The first-order valence-electron chi connectivity index (χ1n) is 4.43. The highest BCUT2D eigenvalue weighted by Crippen LogP contribution is 2.15. The van der Waals surface area contributed by atoms with E-state index in [1.807, 2.05) is 0 Å². The first-order valence-corrected chi connectivity index (χ1v) is 4.43. The smallest absolute Gasteiger partial charge is 0.0471 e. The fourth-order valence-corrected chi connectivity index (χ4v) is 1.24. The summed E-state index contributed by atoms with van der Waals surface area (Å²) >= 11 is 0. The summed E-state index contributed by atoms with van der Waals surface area (Å²) in [5, 5.41) is 8.75. The minimum atomic E-state index is 0.238. The molecule has 0 aliphatic rings. The molecule has 66 valence electrons. The van der Waals surface area contributed by atoms with Crippen LogP contribution in [-0.2, 0) is 6.42 Å². The van der Waals surface area contributed by atoms with Crippen molar-refractivity contribution < 1.29 is 5.11 Å². The average Bonchev–Trinajstić information content (AvgIpc) is 2.05. The number of hydrogen-bond acceptors (Lipinski definition) is 1. The molecule has 0 saturated heterocycles. The Hall–Kier alpha value is -0.820. The van der Waals surface area contributed by atoms with E-state index in [0.29, 0.717) is 5.92 Å². The van der Waals surface area contributed by atoms with Crippen molar-refractivity contribution in [3.63, 3.8) is 0 Å². The highest BCUT2D eigenvalue weighted by atomic mass is 16.2. The van der Waals surface area contributed by atoms with Gasteiger partial charge in [0.1, 0.15) is 0 Å². The molecule has 0 radical (unpaired) electrons. The van der Waals surface area contributed by atoms with Crippen molar-refractivity contribution in [2.45, 2.75) is 26.2 Å². The number of aliphatic hydroxyl groups excluding tert-OH is 1. The van der Waals surface area contributed by atoms with Gasteiger partial charge in [-0.3, -0.25) is 0 Å².